The van der Waals surface area contributed by atoms with E-state index in [0.29, 0.717) is 6.42 Å². The van der Waals surface area contributed by atoms with E-state index in [1.807, 2.05) is 24.3 Å². The summed E-state index contributed by atoms with van der Waals surface area (Å²) >= 11 is 1.62. The van der Waals surface area contributed by atoms with Gasteiger partial charge in [0.25, 0.3) is 0 Å². The molecule has 3 heteroatoms. The highest BCUT2D eigenvalue weighted by atomic mass is 32.1. The maximum Gasteiger partial charge on any atom is 0.0970 e. The van der Waals surface area contributed by atoms with Crippen LogP contribution in [0.25, 0.3) is 10.2 Å². The fourth-order valence-corrected chi connectivity index (χ4v) is 2.50. The van der Waals surface area contributed by atoms with Crippen LogP contribution >= 0.6 is 11.3 Å². The SMILES string of the molecule is C=CC(C)(O)Cc1nc2ccccc2s1. The molecule has 1 unspecified atom stereocenters. The number of rotatable bonds is 3. The second-order valence-corrected chi connectivity index (χ2v) is 4.93. The van der Waals surface area contributed by atoms with E-state index in [2.05, 4.69) is 11.6 Å². The van der Waals surface area contributed by atoms with Gasteiger partial charge in [-0.25, -0.2) is 4.98 Å². The first-order valence-corrected chi connectivity index (χ1v) is 5.63. The Morgan fingerprint density at radius 3 is 2.93 bits per heavy atom. The lowest BCUT2D eigenvalue weighted by atomic mass is 10.0. The Bertz CT molecular complexity index is 454. The van der Waals surface area contributed by atoms with Gasteiger partial charge in [0, 0.05) is 6.42 Å². The van der Waals surface area contributed by atoms with Gasteiger partial charge in [-0.3, -0.25) is 0 Å². The van der Waals surface area contributed by atoms with Crippen LogP contribution in [0.2, 0.25) is 0 Å². The number of aliphatic hydroxyl groups is 1. The summed E-state index contributed by atoms with van der Waals surface area (Å²) in [5.41, 5.74) is 0.130. The van der Waals surface area contributed by atoms with Crippen LogP contribution in [0.4, 0.5) is 0 Å². The van der Waals surface area contributed by atoms with Crippen LogP contribution in [0.3, 0.4) is 0 Å². The molecule has 0 spiro atoms. The minimum atomic E-state index is -0.867. The molecular weight excluding hydrogens is 206 g/mol. The maximum atomic E-state index is 9.85. The zero-order chi connectivity index (χ0) is 10.9. The van der Waals surface area contributed by atoms with Crippen molar-refractivity contribution in [2.75, 3.05) is 0 Å². The number of para-hydroxylation sites is 1. The summed E-state index contributed by atoms with van der Waals surface area (Å²) in [6.45, 7) is 5.35. The van der Waals surface area contributed by atoms with Gasteiger partial charge in [-0.05, 0) is 19.1 Å². The predicted molar refractivity (Wildman–Crippen MR) is 64.1 cm³/mol. The Hall–Kier alpha value is -1.19. The topological polar surface area (TPSA) is 33.1 Å². The zero-order valence-electron chi connectivity index (χ0n) is 8.60. The largest absolute Gasteiger partial charge is 0.386 e. The Labute approximate surface area is 92.9 Å². The van der Waals surface area contributed by atoms with Gasteiger partial charge in [-0.15, -0.1) is 17.9 Å². The molecule has 2 nitrogen and oxygen atoms in total. The minimum absolute atomic E-state index is 0.524. The van der Waals surface area contributed by atoms with E-state index >= 15 is 0 Å². The van der Waals surface area contributed by atoms with E-state index < -0.39 is 5.60 Å². The third-order valence-electron chi connectivity index (χ3n) is 2.29. The number of benzene rings is 1. The molecule has 0 aliphatic carbocycles. The lowest BCUT2D eigenvalue weighted by Crippen LogP contribution is -2.23. The van der Waals surface area contributed by atoms with E-state index in [9.17, 15) is 5.11 Å². The number of thiazole rings is 1. The molecule has 1 aromatic heterocycles. The summed E-state index contributed by atoms with van der Waals surface area (Å²) in [7, 11) is 0. The Morgan fingerprint density at radius 1 is 1.53 bits per heavy atom. The van der Waals surface area contributed by atoms with E-state index in [-0.39, 0.29) is 0 Å². The first-order valence-electron chi connectivity index (χ1n) is 4.81. The van der Waals surface area contributed by atoms with Gasteiger partial charge < -0.3 is 5.11 Å². The molecule has 78 valence electrons. The molecule has 15 heavy (non-hydrogen) atoms. The molecule has 1 heterocycles. The second kappa shape index (κ2) is 3.76. The first kappa shape index (κ1) is 10.3. The smallest absolute Gasteiger partial charge is 0.0970 e. The molecule has 0 bridgehead atoms. The van der Waals surface area contributed by atoms with Crippen LogP contribution in [0.5, 0.6) is 0 Å². The van der Waals surface area contributed by atoms with Gasteiger partial charge in [-0.2, -0.15) is 0 Å². The highest BCUT2D eigenvalue weighted by Gasteiger charge is 2.18. The number of nitrogens with zero attached hydrogens (tertiary/aromatic N) is 1. The zero-order valence-corrected chi connectivity index (χ0v) is 9.42. The summed E-state index contributed by atoms with van der Waals surface area (Å²) in [4.78, 5) is 4.46. The molecular formula is C12H13NOS. The van der Waals surface area contributed by atoms with Gasteiger partial charge in [0.1, 0.15) is 0 Å². The molecule has 2 rings (SSSR count). The molecule has 0 amide bonds. The molecule has 1 N–H and O–H groups in total. The number of aromatic nitrogens is 1. The van der Waals surface area contributed by atoms with Crippen molar-refractivity contribution in [1.82, 2.24) is 4.98 Å². The number of hydrogen-bond donors (Lipinski definition) is 1. The van der Waals surface area contributed by atoms with Crippen LogP contribution in [-0.4, -0.2) is 15.7 Å². The van der Waals surface area contributed by atoms with Crippen molar-refractivity contribution < 1.29 is 5.11 Å². The van der Waals surface area contributed by atoms with Crippen molar-refractivity contribution in [3.05, 3.63) is 41.9 Å². The number of fused-ring (bicyclic) bond motifs is 1. The van der Waals surface area contributed by atoms with Crippen LogP contribution in [0.1, 0.15) is 11.9 Å². The van der Waals surface area contributed by atoms with E-state index in [4.69, 9.17) is 0 Å². The minimum Gasteiger partial charge on any atom is -0.386 e. The molecule has 1 aromatic carbocycles. The summed E-state index contributed by atoms with van der Waals surface area (Å²) < 4.78 is 1.16. The Kier molecular flexibility index (Phi) is 2.59. The predicted octanol–water partition coefficient (Wildman–Crippen LogP) is 2.78. The standard InChI is InChI=1S/C12H13NOS/c1-3-12(2,14)8-11-13-9-6-4-5-7-10(9)15-11/h3-7,14H,1,8H2,2H3. The number of hydrogen-bond acceptors (Lipinski definition) is 3. The average Bonchev–Trinajstić information content (AvgIpc) is 2.58. The summed E-state index contributed by atoms with van der Waals surface area (Å²) in [6, 6.07) is 7.99. The van der Waals surface area contributed by atoms with Crippen molar-refractivity contribution in [2.45, 2.75) is 18.9 Å². The Morgan fingerprint density at radius 2 is 2.27 bits per heavy atom. The summed E-state index contributed by atoms with van der Waals surface area (Å²) in [6.07, 6.45) is 2.08. The lowest BCUT2D eigenvalue weighted by Gasteiger charge is -2.15. The molecule has 0 saturated heterocycles. The summed E-state index contributed by atoms with van der Waals surface area (Å²) in [5, 5.41) is 10.8. The molecule has 0 aliphatic heterocycles. The van der Waals surface area contributed by atoms with Crippen molar-refractivity contribution in [3.63, 3.8) is 0 Å². The van der Waals surface area contributed by atoms with Crippen LogP contribution in [0.15, 0.2) is 36.9 Å². The van der Waals surface area contributed by atoms with Gasteiger partial charge in [0.05, 0.1) is 20.8 Å². The maximum absolute atomic E-state index is 9.85. The van der Waals surface area contributed by atoms with Gasteiger partial charge in [-0.1, -0.05) is 18.2 Å². The fraction of sp³-hybridized carbons (Fsp3) is 0.250. The van der Waals surface area contributed by atoms with E-state index in [1.165, 1.54) is 0 Å². The van der Waals surface area contributed by atoms with Gasteiger partial charge in [0.2, 0.25) is 0 Å². The molecule has 0 saturated carbocycles. The highest BCUT2D eigenvalue weighted by molar-refractivity contribution is 7.18. The molecule has 1 atom stereocenters. The third-order valence-corrected chi connectivity index (χ3v) is 3.32. The normalized spacial score (nSPS) is 15.1. The molecule has 0 aliphatic rings. The summed E-state index contributed by atoms with van der Waals surface area (Å²) in [5.74, 6) is 0. The second-order valence-electron chi connectivity index (χ2n) is 3.81. The van der Waals surface area contributed by atoms with Gasteiger partial charge >= 0.3 is 0 Å². The van der Waals surface area contributed by atoms with Crippen LogP contribution in [0, 0.1) is 0 Å². The average molecular weight is 219 g/mol. The highest BCUT2D eigenvalue weighted by Crippen LogP contribution is 2.24. The van der Waals surface area contributed by atoms with Crippen molar-refractivity contribution in [1.29, 1.82) is 0 Å². The molecule has 0 fully saturated rings. The third kappa shape index (κ3) is 2.25. The van der Waals surface area contributed by atoms with E-state index in [0.717, 1.165) is 15.2 Å². The molecule has 0 radical (unpaired) electrons. The fourth-order valence-electron chi connectivity index (χ4n) is 1.37. The van der Waals surface area contributed by atoms with Crippen LogP contribution in [-0.2, 0) is 6.42 Å². The van der Waals surface area contributed by atoms with Crippen LogP contribution < -0.4 is 0 Å². The first-order chi connectivity index (χ1) is 7.11. The quantitative estimate of drug-likeness (QED) is 0.805. The molecule has 2 aromatic rings. The van der Waals surface area contributed by atoms with Crippen molar-refractivity contribution in [2.24, 2.45) is 0 Å². The van der Waals surface area contributed by atoms with Crippen molar-refractivity contribution in [3.8, 4) is 0 Å². The van der Waals surface area contributed by atoms with Gasteiger partial charge in [0.15, 0.2) is 0 Å². The monoisotopic (exact) mass is 219 g/mol. The van der Waals surface area contributed by atoms with E-state index in [1.54, 1.807) is 24.3 Å². The lowest BCUT2D eigenvalue weighted by molar-refractivity contribution is 0.112. The Balaban J connectivity index is 2.33. The van der Waals surface area contributed by atoms with Crippen molar-refractivity contribution >= 4 is 21.6 Å².